The molecule has 0 bridgehead atoms. The maximum Gasteiger partial charge on any atom is 0.251 e. The number of nitrogens with one attached hydrogen (secondary N) is 2. The van der Waals surface area contributed by atoms with E-state index in [1.807, 2.05) is 112 Å². The molecule has 1 heterocycles. The number of ether oxygens (including phenoxy) is 1. The van der Waals surface area contributed by atoms with Gasteiger partial charge in [0.15, 0.2) is 0 Å². The van der Waals surface area contributed by atoms with Crippen LogP contribution >= 0.6 is 0 Å². The van der Waals surface area contributed by atoms with Gasteiger partial charge in [0.05, 0.1) is 24.1 Å². The van der Waals surface area contributed by atoms with Crippen molar-refractivity contribution < 1.29 is 25.0 Å². The highest BCUT2D eigenvalue weighted by molar-refractivity contribution is 6.03. The third-order valence-corrected chi connectivity index (χ3v) is 7.66. The summed E-state index contributed by atoms with van der Waals surface area (Å²) in [4.78, 5) is 26.5. The lowest BCUT2D eigenvalue weighted by Gasteiger charge is -2.28. The van der Waals surface area contributed by atoms with Crippen molar-refractivity contribution in [3.8, 4) is 0 Å². The van der Waals surface area contributed by atoms with Crippen LogP contribution in [0.3, 0.4) is 0 Å². The highest BCUT2D eigenvalue weighted by atomic mass is 16.5. The summed E-state index contributed by atoms with van der Waals surface area (Å²) in [6.45, 7) is 8.14. The summed E-state index contributed by atoms with van der Waals surface area (Å²) in [5, 5.41) is 13.4. The summed E-state index contributed by atoms with van der Waals surface area (Å²) in [6, 6.07) is 25.6. The van der Waals surface area contributed by atoms with Crippen molar-refractivity contribution in [2.45, 2.75) is 33.2 Å². The third-order valence-electron chi connectivity index (χ3n) is 7.66. The molecule has 0 saturated heterocycles. The van der Waals surface area contributed by atoms with E-state index in [4.69, 9.17) is 9.94 Å². The van der Waals surface area contributed by atoms with Gasteiger partial charge in [-0.15, -0.1) is 0 Å². The molecule has 0 spiro atoms. The Morgan fingerprint density at radius 3 is 2.21 bits per heavy atom. The topological polar surface area (TPSA) is 104 Å². The molecule has 7 nitrogen and oxygen atoms in total. The lowest BCUT2D eigenvalue weighted by molar-refractivity contribution is -0.867. The molecule has 1 aliphatic carbocycles. The third kappa shape index (κ3) is 6.38. The molecule has 3 aromatic rings. The molecule has 2 amide bonds. The van der Waals surface area contributed by atoms with E-state index in [2.05, 4.69) is 17.6 Å². The predicted octanol–water partition coefficient (Wildman–Crippen LogP) is 4.95. The van der Waals surface area contributed by atoms with Crippen LogP contribution in [-0.4, -0.2) is 31.1 Å². The van der Waals surface area contributed by atoms with E-state index in [1.165, 1.54) is 0 Å². The van der Waals surface area contributed by atoms with Crippen molar-refractivity contribution in [2.75, 3.05) is 14.1 Å². The first-order valence-corrected chi connectivity index (χ1v) is 14.1. The Kier molecular flexibility index (Phi) is 9.45. The van der Waals surface area contributed by atoms with Gasteiger partial charge >= 0.3 is 0 Å². The van der Waals surface area contributed by atoms with Crippen LogP contribution in [0.4, 0.5) is 0 Å². The van der Waals surface area contributed by atoms with Gasteiger partial charge in [-0.25, -0.2) is 10.7 Å². The summed E-state index contributed by atoms with van der Waals surface area (Å²) in [6.07, 6.45) is 4.00. The van der Waals surface area contributed by atoms with Crippen LogP contribution in [0.2, 0.25) is 0 Å². The summed E-state index contributed by atoms with van der Waals surface area (Å²) in [5.74, 6) is 0.809. The highest BCUT2D eigenvalue weighted by Gasteiger charge is 2.42. The number of hydrogen-bond donors (Lipinski definition) is 4. The number of carbonyl (C=O) groups is 2. The second-order valence-corrected chi connectivity index (χ2v) is 11.0. The number of allylic oxidation sites excluding steroid dienone is 4. The van der Waals surface area contributed by atoms with Gasteiger partial charge in [0, 0.05) is 18.2 Å². The molecule has 218 valence electrons. The van der Waals surface area contributed by atoms with E-state index in [-0.39, 0.29) is 23.7 Å². The number of hydroxylamine groups is 1. The fourth-order valence-corrected chi connectivity index (χ4v) is 5.44. The maximum atomic E-state index is 13.3. The molecule has 3 aromatic carbocycles. The largest absolute Gasteiger partial charge is 0.460 e. The first-order chi connectivity index (χ1) is 20.1. The standard InChI is InChI=1S/C34H34N2O3.CH5NO/c1-21-14-16-23(17-15-21)31-30(33(38)35-5)29-22(2)27(18-19-28(29)39-31)24-10-9-11-25(20-24)32(37)36-34(3,4)26-12-7-6-8-13-26;1-2-3/h6-20,22,29H,1-5H3,(H,35,38)(H,36,37);2-3H,1H3/p+1. The number of aryl methyl sites for hydroxylation is 1. The normalized spacial score (nSPS) is 17.6. The molecule has 0 fully saturated rings. The van der Waals surface area contributed by atoms with Crippen LogP contribution in [-0.2, 0) is 15.1 Å². The molecule has 2 atom stereocenters. The van der Waals surface area contributed by atoms with Crippen LogP contribution in [0.15, 0.2) is 102 Å². The predicted molar refractivity (Wildman–Crippen MR) is 165 cm³/mol. The second-order valence-electron chi connectivity index (χ2n) is 11.0. The molecule has 2 aliphatic rings. The van der Waals surface area contributed by atoms with Crippen molar-refractivity contribution in [1.29, 1.82) is 0 Å². The Hall–Kier alpha value is -4.46. The van der Waals surface area contributed by atoms with Crippen molar-refractivity contribution in [2.24, 2.45) is 11.8 Å². The Balaban J connectivity index is 0.00000129. The number of hydrogen-bond acceptors (Lipinski definition) is 4. The summed E-state index contributed by atoms with van der Waals surface area (Å²) < 4.78 is 6.31. The van der Waals surface area contributed by atoms with Crippen molar-refractivity contribution >= 4 is 23.1 Å². The molecule has 7 heteroatoms. The van der Waals surface area contributed by atoms with Crippen molar-refractivity contribution in [1.82, 2.24) is 10.6 Å². The van der Waals surface area contributed by atoms with Crippen molar-refractivity contribution in [3.63, 3.8) is 0 Å². The first-order valence-electron chi connectivity index (χ1n) is 14.1. The minimum Gasteiger partial charge on any atom is -0.460 e. The zero-order valence-electron chi connectivity index (χ0n) is 25.1. The SMILES string of the molecule is CNC(=O)C1=C(c2ccc(C)cc2)OC2=CC=C(c3cccc(C(=O)NC(C)(C)c4ccccc4)c3)C(C)C21.C[NH2+]O. The van der Waals surface area contributed by atoms with E-state index < -0.39 is 5.54 Å². The van der Waals surface area contributed by atoms with E-state index in [9.17, 15) is 9.59 Å². The van der Waals surface area contributed by atoms with Gasteiger partial charge in [-0.05, 0) is 61.6 Å². The number of benzene rings is 3. The number of carbonyl (C=O) groups excluding carboxylic acids is 2. The van der Waals surface area contributed by atoms with E-state index in [0.29, 0.717) is 16.9 Å². The van der Waals surface area contributed by atoms with Gasteiger partial charge in [0.2, 0.25) is 0 Å². The molecular formula is C35H40N3O4+. The second kappa shape index (κ2) is 13.0. The Labute approximate surface area is 248 Å². The number of nitrogens with two attached hydrogens (primary N) is 1. The molecule has 0 aromatic heterocycles. The van der Waals surface area contributed by atoms with E-state index >= 15 is 0 Å². The minimum absolute atomic E-state index is 0.0423. The molecular weight excluding hydrogens is 526 g/mol. The Bertz CT molecular complexity index is 1540. The van der Waals surface area contributed by atoms with Crippen LogP contribution in [0.1, 0.15) is 53.4 Å². The quantitative estimate of drug-likeness (QED) is 0.317. The zero-order valence-corrected chi connectivity index (χ0v) is 25.1. The number of fused-ring (bicyclic) bond motifs is 1. The summed E-state index contributed by atoms with van der Waals surface area (Å²) >= 11 is 0. The van der Waals surface area contributed by atoms with Crippen LogP contribution in [0.25, 0.3) is 11.3 Å². The average Bonchev–Trinajstić information content (AvgIpc) is 3.38. The lowest BCUT2D eigenvalue weighted by atomic mass is 9.75. The number of likely N-dealkylation sites (N-methyl/N-ethyl adjacent to an activating group) is 1. The average molecular weight is 567 g/mol. The molecule has 0 saturated carbocycles. The number of rotatable bonds is 6. The molecule has 2 unspecified atom stereocenters. The summed E-state index contributed by atoms with van der Waals surface area (Å²) in [7, 11) is 3.20. The van der Waals surface area contributed by atoms with Gasteiger partial charge in [0.25, 0.3) is 11.8 Å². The van der Waals surface area contributed by atoms with Gasteiger partial charge in [-0.2, -0.15) is 0 Å². The fraction of sp³-hybridized carbons (Fsp3) is 0.257. The molecule has 0 radical (unpaired) electrons. The Morgan fingerprint density at radius 1 is 0.905 bits per heavy atom. The van der Waals surface area contributed by atoms with Crippen LogP contribution < -0.4 is 16.1 Å². The van der Waals surface area contributed by atoms with Gasteiger partial charge in [-0.1, -0.05) is 85.3 Å². The minimum atomic E-state index is -0.524. The number of amides is 2. The maximum absolute atomic E-state index is 13.3. The van der Waals surface area contributed by atoms with E-state index in [1.54, 1.807) is 14.1 Å². The van der Waals surface area contributed by atoms with Gasteiger partial charge in [0.1, 0.15) is 11.5 Å². The van der Waals surface area contributed by atoms with Crippen molar-refractivity contribution in [3.05, 3.63) is 130 Å². The zero-order chi connectivity index (χ0) is 30.4. The highest BCUT2D eigenvalue weighted by Crippen LogP contribution is 2.49. The molecule has 1 aliphatic heterocycles. The smallest absolute Gasteiger partial charge is 0.251 e. The summed E-state index contributed by atoms with van der Waals surface area (Å²) in [5.41, 5.74) is 6.75. The van der Waals surface area contributed by atoms with Crippen LogP contribution in [0.5, 0.6) is 0 Å². The lowest BCUT2D eigenvalue weighted by Crippen LogP contribution is -2.75. The molecule has 5 N–H and O–H groups in total. The van der Waals surface area contributed by atoms with E-state index in [0.717, 1.165) is 39.1 Å². The van der Waals surface area contributed by atoms with Gasteiger partial charge < -0.3 is 15.4 Å². The molecule has 5 rings (SSSR count). The van der Waals surface area contributed by atoms with Gasteiger partial charge in [-0.3, -0.25) is 9.59 Å². The monoisotopic (exact) mass is 566 g/mol. The number of quaternary nitrogens is 1. The fourth-order valence-electron chi connectivity index (χ4n) is 5.44. The first kappa shape index (κ1) is 30.5. The van der Waals surface area contributed by atoms with Crippen LogP contribution in [0, 0.1) is 18.8 Å². The molecule has 42 heavy (non-hydrogen) atoms. The Morgan fingerprint density at radius 2 is 1.57 bits per heavy atom.